The van der Waals surface area contributed by atoms with E-state index < -0.39 is 35.6 Å². The molecule has 0 spiro atoms. The number of ether oxygens (including phenoxy) is 1. The Morgan fingerprint density at radius 3 is 2.50 bits per heavy atom. The number of amides is 2. The van der Waals surface area contributed by atoms with Crippen molar-refractivity contribution >= 4 is 40.6 Å². The van der Waals surface area contributed by atoms with E-state index in [2.05, 4.69) is 30.2 Å². The highest BCUT2D eigenvalue weighted by molar-refractivity contribution is 6.04. The highest BCUT2D eigenvalue weighted by Gasteiger charge is 2.40. The van der Waals surface area contributed by atoms with Gasteiger partial charge in [-0.25, -0.2) is 9.78 Å². The highest BCUT2D eigenvalue weighted by Crippen LogP contribution is 2.46. The number of fused-ring (bicyclic) bond motifs is 1. The Balaban J connectivity index is 1.20. The van der Waals surface area contributed by atoms with Gasteiger partial charge >= 0.3 is 12.1 Å². The molecular formula is C36H39F3N8O5. The van der Waals surface area contributed by atoms with Crippen molar-refractivity contribution in [3.63, 3.8) is 0 Å². The van der Waals surface area contributed by atoms with Crippen molar-refractivity contribution in [2.45, 2.75) is 69.5 Å². The van der Waals surface area contributed by atoms with E-state index >= 15 is 0 Å². The number of hydrogen-bond acceptors (Lipinski definition) is 9. The molecule has 13 nitrogen and oxygen atoms in total. The Morgan fingerprint density at radius 1 is 1.08 bits per heavy atom. The molecule has 4 aromatic heterocycles. The number of halogens is 3. The van der Waals surface area contributed by atoms with Gasteiger partial charge in [0, 0.05) is 56.5 Å². The van der Waals surface area contributed by atoms with Crippen LogP contribution in [0.2, 0.25) is 0 Å². The van der Waals surface area contributed by atoms with E-state index in [4.69, 9.17) is 4.74 Å². The van der Waals surface area contributed by atoms with E-state index in [1.807, 2.05) is 11.9 Å². The lowest BCUT2D eigenvalue weighted by atomic mass is 9.86. The third-order valence-electron chi connectivity index (χ3n) is 10.3. The normalized spacial score (nSPS) is 18.6. The Kier molecular flexibility index (Phi) is 9.35. The number of carboxylic acid groups (broad SMARTS) is 1. The van der Waals surface area contributed by atoms with Gasteiger partial charge in [-0.1, -0.05) is 12.8 Å². The van der Waals surface area contributed by atoms with Crippen LogP contribution < -0.4 is 10.2 Å². The van der Waals surface area contributed by atoms with E-state index in [9.17, 15) is 32.7 Å². The van der Waals surface area contributed by atoms with Crippen molar-refractivity contribution in [1.82, 2.24) is 29.8 Å². The van der Waals surface area contributed by atoms with E-state index in [0.29, 0.717) is 56.6 Å². The SMILES string of the molecule is COCC1(CN(C)c2cc(-c3cnc(C4CC4)c(C(F)(F)F)c3)nc3nc(NC(=O)c4ccc(C(=O)N5CCCC5C(=O)O)cn4)[nH]c23)CCCC1. The zero-order valence-corrected chi connectivity index (χ0v) is 28.8. The number of aliphatic carboxylic acids is 1. The molecule has 2 aliphatic carbocycles. The van der Waals surface area contributed by atoms with Crippen LogP contribution in [0.3, 0.4) is 0 Å². The fourth-order valence-electron chi connectivity index (χ4n) is 7.63. The van der Waals surface area contributed by atoms with Crippen LogP contribution in [-0.4, -0.2) is 92.6 Å². The summed E-state index contributed by atoms with van der Waals surface area (Å²) in [7, 11) is 3.57. The first-order chi connectivity index (χ1) is 24.9. The second-order valence-electron chi connectivity index (χ2n) is 14.1. The standard InChI is InChI=1S/C36H39F3N8O5/c1-46(18-35(19-52-2)11-3-4-12-35)27-15-25(22-14-23(36(37,38)39)28(41-17-22)20-7-8-20)42-30-29(27)43-34(44-30)45-31(48)24-10-9-21(16-40-24)32(49)47-13-5-6-26(47)33(50)51/h9-10,14-17,20,26H,3-8,11-13,18-19H2,1-2H3,(H,50,51)(H2,42,43,44,45,48). The number of pyridine rings is 3. The van der Waals surface area contributed by atoms with Gasteiger partial charge in [0.05, 0.1) is 34.8 Å². The third-order valence-corrected chi connectivity index (χ3v) is 10.3. The number of anilines is 2. The zero-order valence-electron chi connectivity index (χ0n) is 28.8. The number of nitrogens with one attached hydrogen (secondary N) is 2. The maximum Gasteiger partial charge on any atom is 0.418 e. The van der Waals surface area contributed by atoms with Crippen molar-refractivity contribution in [2.24, 2.45) is 5.41 Å². The molecule has 1 unspecified atom stereocenters. The van der Waals surface area contributed by atoms with Crippen LogP contribution in [0, 0.1) is 5.41 Å². The summed E-state index contributed by atoms with van der Waals surface area (Å²) in [6.07, 6.45) is 4.41. The smallest absolute Gasteiger partial charge is 0.418 e. The number of rotatable bonds is 11. The molecule has 16 heteroatoms. The number of likely N-dealkylation sites (tertiary alicyclic amines) is 1. The molecule has 5 heterocycles. The molecule has 1 atom stereocenters. The average Bonchev–Trinajstić information content (AvgIpc) is 3.45. The summed E-state index contributed by atoms with van der Waals surface area (Å²) >= 11 is 0. The molecule has 2 amide bonds. The number of methoxy groups -OCH3 is 1. The van der Waals surface area contributed by atoms with Gasteiger partial charge in [0.1, 0.15) is 17.3 Å². The zero-order chi connectivity index (χ0) is 36.8. The number of carbonyl (C=O) groups is 3. The summed E-state index contributed by atoms with van der Waals surface area (Å²) < 4.78 is 48.2. The summed E-state index contributed by atoms with van der Waals surface area (Å²) in [5.41, 5.74) is 0.997. The van der Waals surface area contributed by atoms with Gasteiger partial charge in [-0.2, -0.15) is 18.2 Å². The van der Waals surface area contributed by atoms with Crippen LogP contribution in [0.15, 0.2) is 36.7 Å². The monoisotopic (exact) mass is 720 g/mol. The molecule has 52 heavy (non-hydrogen) atoms. The average molecular weight is 721 g/mol. The first kappa shape index (κ1) is 35.3. The lowest BCUT2D eigenvalue weighted by Gasteiger charge is -2.34. The van der Waals surface area contributed by atoms with Crippen molar-refractivity contribution in [3.05, 3.63) is 59.2 Å². The van der Waals surface area contributed by atoms with Crippen molar-refractivity contribution in [2.75, 3.05) is 44.1 Å². The predicted molar refractivity (Wildman–Crippen MR) is 184 cm³/mol. The molecule has 0 aromatic carbocycles. The molecule has 3 N–H and O–H groups in total. The van der Waals surface area contributed by atoms with E-state index in [1.165, 1.54) is 29.4 Å². The van der Waals surface area contributed by atoms with Crippen LogP contribution in [0.1, 0.15) is 89.4 Å². The molecule has 1 aliphatic heterocycles. The molecular weight excluding hydrogens is 681 g/mol. The second kappa shape index (κ2) is 13.8. The fraction of sp³-hybridized carbons (Fsp3) is 0.472. The minimum Gasteiger partial charge on any atom is -0.480 e. The van der Waals surface area contributed by atoms with Gasteiger partial charge in [-0.15, -0.1) is 0 Å². The minimum atomic E-state index is -4.59. The predicted octanol–water partition coefficient (Wildman–Crippen LogP) is 5.90. The number of H-pyrrole nitrogens is 1. The Hall–Kier alpha value is -5.12. The first-order valence-electron chi connectivity index (χ1n) is 17.4. The summed E-state index contributed by atoms with van der Waals surface area (Å²) in [6.45, 7) is 1.47. The number of carboxylic acids is 1. The molecule has 274 valence electrons. The molecule has 2 saturated carbocycles. The van der Waals surface area contributed by atoms with Gasteiger partial charge in [-0.3, -0.25) is 24.9 Å². The van der Waals surface area contributed by atoms with Crippen molar-refractivity contribution in [3.8, 4) is 11.3 Å². The number of imidazole rings is 1. The number of alkyl halides is 3. The van der Waals surface area contributed by atoms with E-state index in [1.54, 1.807) is 13.2 Å². The number of hydrogen-bond donors (Lipinski definition) is 3. The lowest BCUT2D eigenvalue weighted by molar-refractivity contribution is -0.141. The number of aromatic nitrogens is 5. The number of aromatic amines is 1. The Bertz CT molecular complexity index is 2010. The van der Waals surface area contributed by atoms with E-state index in [-0.39, 0.29) is 51.1 Å². The maximum atomic E-state index is 14.2. The van der Waals surface area contributed by atoms with Crippen molar-refractivity contribution in [1.29, 1.82) is 0 Å². The second-order valence-corrected chi connectivity index (χ2v) is 14.1. The van der Waals surface area contributed by atoms with Crippen molar-refractivity contribution < 1.29 is 37.4 Å². The van der Waals surface area contributed by atoms with Gasteiger partial charge in [0.25, 0.3) is 11.8 Å². The summed E-state index contributed by atoms with van der Waals surface area (Å²) in [5.74, 6) is -2.36. The molecule has 0 bridgehead atoms. The van der Waals surface area contributed by atoms with Gasteiger partial charge in [0.15, 0.2) is 5.65 Å². The first-order valence-corrected chi connectivity index (χ1v) is 17.4. The van der Waals surface area contributed by atoms with Gasteiger partial charge in [-0.05, 0) is 62.8 Å². The Labute approximate surface area is 297 Å². The minimum absolute atomic E-state index is 0.0246. The molecule has 7 rings (SSSR count). The van der Waals surface area contributed by atoms with Crippen LogP contribution in [0.25, 0.3) is 22.4 Å². The largest absolute Gasteiger partial charge is 0.480 e. The summed E-state index contributed by atoms with van der Waals surface area (Å²) in [4.78, 5) is 61.8. The maximum absolute atomic E-state index is 14.2. The number of nitrogens with zero attached hydrogens (tertiary/aromatic N) is 6. The third kappa shape index (κ3) is 7.03. The molecule has 4 aromatic rings. The van der Waals surface area contributed by atoms with Gasteiger partial charge in [0.2, 0.25) is 5.95 Å². The number of carbonyl (C=O) groups excluding carboxylic acids is 2. The van der Waals surface area contributed by atoms with Crippen LogP contribution in [-0.2, 0) is 15.7 Å². The Morgan fingerprint density at radius 2 is 1.85 bits per heavy atom. The molecule has 3 fully saturated rings. The highest BCUT2D eigenvalue weighted by atomic mass is 19.4. The molecule has 3 aliphatic rings. The topological polar surface area (TPSA) is 167 Å². The quantitative estimate of drug-likeness (QED) is 0.170. The van der Waals surface area contributed by atoms with Crippen LogP contribution >= 0.6 is 0 Å². The summed E-state index contributed by atoms with van der Waals surface area (Å²) in [6, 6.07) is 4.68. The molecule has 1 saturated heterocycles. The van der Waals surface area contributed by atoms with Gasteiger partial charge < -0.3 is 24.6 Å². The lowest BCUT2D eigenvalue weighted by Crippen LogP contribution is -2.40. The summed E-state index contributed by atoms with van der Waals surface area (Å²) in [5, 5.41) is 12.1. The van der Waals surface area contributed by atoms with E-state index in [0.717, 1.165) is 31.7 Å². The van der Waals surface area contributed by atoms with Crippen LogP contribution in [0.5, 0.6) is 0 Å². The van der Waals surface area contributed by atoms with Crippen LogP contribution in [0.4, 0.5) is 24.8 Å². The molecule has 0 radical (unpaired) electrons. The fourth-order valence-corrected chi connectivity index (χ4v) is 7.63.